The number of ketones is 1. The molecule has 1 atom stereocenters. The molecule has 3 nitrogen and oxygen atoms in total. The largest absolute Gasteiger partial charge is 0.404 e. The topological polar surface area (TPSA) is 29.5 Å². The van der Waals surface area contributed by atoms with Gasteiger partial charge in [-0.1, -0.05) is 42.5 Å². The van der Waals surface area contributed by atoms with E-state index in [1.54, 1.807) is 6.92 Å². The third kappa shape index (κ3) is 2.53. The molecular formula is C19H21NO2. The van der Waals surface area contributed by atoms with Crippen molar-refractivity contribution in [3.05, 3.63) is 65.2 Å². The standard InChI is InChI=1S/C19H21NO2/c1-13(21)15-10-11-16-17(12-15)22-20(19(2,3)4)18(16)14-8-6-5-7-9-14/h5-12,18H,1-4H3. The number of hydroxylamine groups is 2. The van der Waals surface area contributed by atoms with E-state index in [-0.39, 0.29) is 17.4 Å². The Bertz CT molecular complexity index is 701. The zero-order chi connectivity index (χ0) is 15.9. The van der Waals surface area contributed by atoms with Crippen LogP contribution in [0.15, 0.2) is 48.5 Å². The zero-order valence-electron chi connectivity index (χ0n) is 13.5. The Balaban J connectivity index is 2.12. The maximum absolute atomic E-state index is 11.6. The van der Waals surface area contributed by atoms with E-state index in [1.807, 2.05) is 41.5 Å². The number of carbonyl (C=O) groups is 1. The van der Waals surface area contributed by atoms with E-state index in [0.717, 1.165) is 11.3 Å². The van der Waals surface area contributed by atoms with Gasteiger partial charge in [0.2, 0.25) is 0 Å². The Hall–Kier alpha value is -2.13. The van der Waals surface area contributed by atoms with Gasteiger partial charge in [0.25, 0.3) is 0 Å². The fourth-order valence-corrected chi connectivity index (χ4v) is 2.82. The van der Waals surface area contributed by atoms with Crippen LogP contribution in [-0.4, -0.2) is 16.4 Å². The summed E-state index contributed by atoms with van der Waals surface area (Å²) in [5.74, 6) is 0.827. The van der Waals surface area contributed by atoms with Crippen molar-refractivity contribution in [3.8, 4) is 5.75 Å². The fourth-order valence-electron chi connectivity index (χ4n) is 2.82. The molecule has 0 spiro atoms. The quantitative estimate of drug-likeness (QED) is 0.770. The van der Waals surface area contributed by atoms with Crippen LogP contribution in [0.25, 0.3) is 0 Å². The molecule has 114 valence electrons. The molecule has 1 heterocycles. The highest BCUT2D eigenvalue weighted by atomic mass is 16.7. The molecule has 0 amide bonds. The summed E-state index contributed by atoms with van der Waals surface area (Å²) in [5, 5.41) is 2.01. The summed E-state index contributed by atoms with van der Waals surface area (Å²) in [6, 6.07) is 16.1. The summed E-state index contributed by atoms with van der Waals surface area (Å²) in [6.07, 6.45) is 0. The molecule has 2 aromatic carbocycles. The van der Waals surface area contributed by atoms with Crippen LogP contribution in [-0.2, 0) is 0 Å². The summed E-state index contributed by atoms with van der Waals surface area (Å²) in [6.45, 7) is 7.95. The molecule has 0 fully saturated rings. The molecule has 0 radical (unpaired) electrons. The van der Waals surface area contributed by atoms with Crippen LogP contribution in [0.2, 0.25) is 0 Å². The minimum atomic E-state index is -0.157. The number of hydrogen-bond acceptors (Lipinski definition) is 3. The summed E-state index contributed by atoms with van der Waals surface area (Å²) < 4.78 is 0. The molecule has 0 N–H and O–H groups in total. The second kappa shape index (κ2) is 5.25. The van der Waals surface area contributed by atoms with Gasteiger partial charge in [-0.15, -0.1) is 5.06 Å². The molecule has 1 unspecified atom stereocenters. The van der Waals surface area contributed by atoms with Gasteiger partial charge in [-0.2, -0.15) is 0 Å². The fraction of sp³-hybridized carbons (Fsp3) is 0.316. The number of nitrogens with zero attached hydrogens (tertiary/aromatic N) is 1. The van der Waals surface area contributed by atoms with Crippen molar-refractivity contribution in [2.24, 2.45) is 0 Å². The summed E-state index contributed by atoms with van der Waals surface area (Å²) in [4.78, 5) is 17.7. The highest BCUT2D eigenvalue weighted by Gasteiger charge is 2.40. The minimum absolute atomic E-state index is 0.0391. The molecule has 3 rings (SSSR count). The third-order valence-corrected chi connectivity index (χ3v) is 3.92. The molecule has 1 aliphatic heterocycles. The van der Waals surface area contributed by atoms with Gasteiger partial charge in [-0.25, -0.2) is 0 Å². The molecule has 0 saturated carbocycles. The van der Waals surface area contributed by atoms with Crippen LogP contribution >= 0.6 is 0 Å². The average molecular weight is 295 g/mol. The van der Waals surface area contributed by atoms with Crippen molar-refractivity contribution in [2.45, 2.75) is 39.3 Å². The van der Waals surface area contributed by atoms with Gasteiger partial charge in [0.05, 0.1) is 0 Å². The molecule has 0 saturated heterocycles. The van der Waals surface area contributed by atoms with Crippen LogP contribution in [0.5, 0.6) is 5.75 Å². The SMILES string of the molecule is CC(=O)c1ccc2c(c1)ON(C(C)(C)C)C2c1ccccc1. The van der Waals surface area contributed by atoms with E-state index >= 15 is 0 Å². The lowest BCUT2D eigenvalue weighted by Crippen LogP contribution is -2.43. The van der Waals surface area contributed by atoms with Crippen molar-refractivity contribution < 1.29 is 9.63 Å². The van der Waals surface area contributed by atoms with Crippen molar-refractivity contribution in [1.29, 1.82) is 0 Å². The molecule has 2 aromatic rings. The Morgan fingerprint density at radius 3 is 2.36 bits per heavy atom. The first kappa shape index (κ1) is 14.8. The first-order valence-corrected chi connectivity index (χ1v) is 7.55. The summed E-state index contributed by atoms with van der Waals surface area (Å²) in [7, 11) is 0. The van der Waals surface area contributed by atoms with Crippen LogP contribution in [0.1, 0.15) is 55.2 Å². The number of carbonyl (C=O) groups excluding carboxylic acids is 1. The van der Waals surface area contributed by atoms with Gasteiger partial charge in [-0.05, 0) is 39.3 Å². The second-order valence-electron chi connectivity index (χ2n) is 6.71. The first-order valence-electron chi connectivity index (χ1n) is 7.55. The van der Waals surface area contributed by atoms with Crippen LogP contribution in [0.3, 0.4) is 0 Å². The normalized spacial score (nSPS) is 17.9. The van der Waals surface area contributed by atoms with Crippen molar-refractivity contribution in [3.63, 3.8) is 0 Å². The third-order valence-electron chi connectivity index (χ3n) is 3.92. The number of hydrogen-bond donors (Lipinski definition) is 0. The molecular weight excluding hydrogens is 274 g/mol. The number of benzene rings is 2. The molecule has 3 heteroatoms. The highest BCUT2D eigenvalue weighted by Crippen LogP contribution is 2.45. The van der Waals surface area contributed by atoms with Gasteiger partial charge in [-0.3, -0.25) is 4.79 Å². The Morgan fingerprint density at radius 2 is 1.77 bits per heavy atom. The minimum Gasteiger partial charge on any atom is -0.404 e. The van der Waals surface area contributed by atoms with Gasteiger partial charge >= 0.3 is 0 Å². The molecule has 0 bridgehead atoms. The maximum Gasteiger partial charge on any atom is 0.159 e. The lowest BCUT2D eigenvalue weighted by Gasteiger charge is -2.34. The van der Waals surface area contributed by atoms with Crippen LogP contribution < -0.4 is 4.84 Å². The van der Waals surface area contributed by atoms with Gasteiger partial charge in [0, 0.05) is 16.7 Å². The number of Topliss-reactive ketones (excluding diaryl/α,β-unsaturated/α-hetero) is 1. The highest BCUT2D eigenvalue weighted by molar-refractivity contribution is 5.94. The maximum atomic E-state index is 11.6. The van der Waals surface area contributed by atoms with E-state index in [4.69, 9.17) is 4.84 Å². The smallest absolute Gasteiger partial charge is 0.159 e. The molecule has 0 aliphatic carbocycles. The van der Waals surface area contributed by atoms with Gasteiger partial charge < -0.3 is 4.84 Å². The number of fused-ring (bicyclic) bond motifs is 1. The second-order valence-corrected chi connectivity index (χ2v) is 6.71. The monoisotopic (exact) mass is 295 g/mol. The van der Waals surface area contributed by atoms with E-state index in [9.17, 15) is 4.79 Å². The van der Waals surface area contributed by atoms with Crippen LogP contribution in [0, 0.1) is 0 Å². The Labute approximate surface area is 131 Å². The number of rotatable bonds is 2. The lowest BCUT2D eigenvalue weighted by atomic mass is 9.94. The molecule has 1 aliphatic rings. The van der Waals surface area contributed by atoms with E-state index in [1.165, 1.54) is 5.56 Å². The van der Waals surface area contributed by atoms with Crippen molar-refractivity contribution >= 4 is 5.78 Å². The van der Waals surface area contributed by atoms with Crippen molar-refractivity contribution in [2.75, 3.05) is 0 Å². The van der Waals surface area contributed by atoms with Gasteiger partial charge in [0.1, 0.15) is 6.04 Å². The zero-order valence-corrected chi connectivity index (χ0v) is 13.5. The Morgan fingerprint density at radius 1 is 1.09 bits per heavy atom. The molecule has 22 heavy (non-hydrogen) atoms. The predicted octanol–water partition coefficient (Wildman–Crippen LogP) is 4.39. The van der Waals surface area contributed by atoms with E-state index in [0.29, 0.717) is 5.56 Å². The van der Waals surface area contributed by atoms with E-state index in [2.05, 4.69) is 32.9 Å². The first-order chi connectivity index (χ1) is 10.4. The molecule has 0 aromatic heterocycles. The summed E-state index contributed by atoms with van der Waals surface area (Å²) in [5.41, 5.74) is 2.81. The van der Waals surface area contributed by atoms with E-state index < -0.39 is 0 Å². The van der Waals surface area contributed by atoms with Gasteiger partial charge in [0.15, 0.2) is 11.5 Å². The van der Waals surface area contributed by atoms with Crippen molar-refractivity contribution in [1.82, 2.24) is 5.06 Å². The Kier molecular flexibility index (Phi) is 3.53. The van der Waals surface area contributed by atoms with Crippen LogP contribution in [0.4, 0.5) is 0 Å². The summed E-state index contributed by atoms with van der Waals surface area (Å²) >= 11 is 0. The lowest BCUT2D eigenvalue weighted by molar-refractivity contribution is -0.128. The average Bonchev–Trinajstić information content (AvgIpc) is 2.86. The predicted molar refractivity (Wildman–Crippen MR) is 87.0 cm³/mol.